The molecule has 0 fully saturated rings. The lowest BCUT2D eigenvalue weighted by Gasteiger charge is -2.06. The van der Waals surface area contributed by atoms with Crippen LogP contribution in [0.5, 0.6) is 0 Å². The zero-order valence-electron chi connectivity index (χ0n) is 10.1. The van der Waals surface area contributed by atoms with Crippen molar-refractivity contribution in [2.75, 3.05) is 5.32 Å². The minimum Gasteiger partial charge on any atom is -0.366 e. The van der Waals surface area contributed by atoms with E-state index >= 15 is 0 Å². The SMILES string of the molecule is NC(=O)c1cc(NC(=O)c2cccc(F)n2)ccc1F. The summed E-state index contributed by atoms with van der Waals surface area (Å²) in [6, 6.07) is 7.08. The van der Waals surface area contributed by atoms with Crippen molar-refractivity contribution in [3.05, 3.63) is 59.4 Å². The zero-order chi connectivity index (χ0) is 14.7. The Labute approximate surface area is 112 Å². The van der Waals surface area contributed by atoms with Crippen molar-refractivity contribution in [1.29, 1.82) is 0 Å². The van der Waals surface area contributed by atoms with Crippen LogP contribution >= 0.6 is 0 Å². The molecule has 0 aliphatic rings. The van der Waals surface area contributed by atoms with Crippen molar-refractivity contribution in [3.63, 3.8) is 0 Å². The fourth-order valence-electron chi connectivity index (χ4n) is 1.52. The minimum absolute atomic E-state index is 0.144. The number of benzene rings is 1. The number of hydrogen-bond donors (Lipinski definition) is 2. The van der Waals surface area contributed by atoms with Crippen LogP contribution in [0.3, 0.4) is 0 Å². The van der Waals surface area contributed by atoms with Gasteiger partial charge in [0.15, 0.2) is 0 Å². The number of aromatic nitrogens is 1. The highest BCUT2D eigenvalue weighted by molar-refractivity contribution is 6.03. The van der Waals surface area contributed by atoms with E-state index in [1.54, 1.807) is 0 Å². The van der Waals surface area contributed by atoms with Crippen molar-refractivity contribution in [1.82, 2.24) is 4.98 Å². The molecule has 1 aromatic carbocycles. The van der Waals surface area contributed by atoms with Gasteiger partial charge in [-0.3, -0.25) is 9.59 Å². The van der Waals surface area contributed by atoms with Crippen molar-refractivity contribution >= 4 is 17.5 Å². The summed E-state index contributed by atoms with van der Waals surface area (Å²) in [7, 11) is 0. The lowest BCUT2D eigenvalue weighted by Crippen LogP contribution is -2.17. The average Bonchev–Trinajstić information content (AvgIpc) is 2.40. The molecule has 3 N–H and O–H groups in total. The molecule has 20 heavy (non-hydrogen) atoms. The molecule has 102 valence electrons. The van der Waals surface area contributed by atoms with Crippen LogP contribution in [0, 0.1) is 11.8 Å². The number of carbonyl (C=O) groups is 2. The van der Waals surface area contributed by atoms with Gasteiger partial charge in [-0.15, -0.1) is 0 Å². The van der Waals surface area contributed by atoms with Crippen molar-refractivity contribution in [3.8, 4) is 0 Å². The van der Waals surface area contributed by atoms with E-state index in [-0.39, 0.29) is 16.9 Å². The fourth-order valence-corrected chi connectivity index (χ4v) is 1.52. The maximum absolute atomic E-state index is 13.3. The van der Waals surface area contributed by atoms with E-state index in [2.05, 4.69) is 10.3 Å². The van der Waals surface area contributed by atoms with Crippen LogP contribution in [0.15, 0.2) is 36.4 Å². The van der Waals surface area contributed by atoms with Crippen LogP contribution in [0.1, 0.15) is 20.8 Å². The van der Waals surface area contributed by atoms with Gasteiger partial charge in [-0.2, -0.15) is 4.39 Å². The standard InChI is InChI=1S/C13H9F2N3O2/c14-9-5-4-7(6-8(9)12(16)19)17-13(20)10-2-1-3-11(15)18-10/h1-6H,(H2,16,19)(H,17,20). The topological polar surface area (TPSA) is 85.1 Å². The summed E-state index contributed by atoms with van der Waals surface area (Å²) in [6.07, 6.45) is 0. The summed E-state index contributed by atoms with van der Waals surface area (Å²) in [5, 5.41) is 2.37. The fraction of sp³-hybridized carbons (Fsp3) is 0. The Morgan fingerprint density at radius 2 is 1.90 bits per heavy atom. The predicted octanol–water partition coefficient (Wildman–Crippen LogP) is 1.71. The normalized spacial score (nSPS) is 10.1. The Morgan fingerprint density at radius 1 is 1.15 bits per heavy atom. The number of amides is 2. The first kappa shape index (κ1) is 13.6. The molecule has 1 aromatic heterocycles. The smallest absolute Gasteiger partial charge is 0.274 e. The van der Waals surface area contributed by atoms with Crippen molar-refractivity contribution in [2.45, 2.75) is 0 Å². The molecule has 5 nitrogen and oxygen atoms in total. The second kappa shape index (κ2) is 5.43. The number of nitrogens with one attached hydrogen (secondary N) is 1. The van der Waals surface area contributed by atoms with Gasteiger partial charge in [0, 0.05) is 5.69 Å². The van der Waals surface area contributed by atoms with Crippen LogP contribution < -0.4 is 11.1 Å². The average molecular weight is 277 g/mol. The van der Waals surface area contributed by atoms with Gasteiger partial charge < -0.3 is 11.1 Å². The molecule has 2 amide bonds. The molecule has 2 rings (SSSR count). The summed E-state index contributed by atoms with van der Waals surface area (Å²) in [5.74, 6) is -3.23. The Balaban J connectivity index is 2.24. The molecule has 0 aliphatic heterocycles. The predicted molar refractivity (Wildman–Crippen MR) is 67.1 cm³/mol. The van der Waals surface area contributed by atoms with Crippen LogP contribution in [-0.2, 0) is 0 Å². The van der Waals surface area contributed by atoms with Gasteiger partial charge >= 0.3 is 0 Å². The molecule has 7 heteroatoms. The number of pyridine rings is 1. The van der Waals surface area contributed by atoms with E-state index in [1.165, 1.54) is 18.2 Å². The minimum atomic E-state index is -0.956. The van der Waals surface area contributed by atoms with E-state index in [9.17, 15) is 18.4 Å². The molecule has 0 radical (unpaired) electrons. The Hall–Kier alpha value is -2.83. The van der Waals surface area contributed by atoms with E-state index in [4.69, 9.17) is 5.73 Å². The van der Waals surface area contributed by atoms with Crippen LogP contribution in [0.4, 0.5) is 14.5 Å². The Kier molecular flexibility index (Phi) is 3.69. The van der Waals surface area contributed by atoms with E-state index in [0.29, 0.717) is 0 Å². The molecule has 0 aliphatic carbocycles. The second-order valence-electron chi connectivity index (χ2n) is 3.86. The van der Waals surface area contributed by atoms with Gasteiger partial charge in [-0.1, -0.05) is 6.07 Å². The molecule has 0 unspecified atom stereocenters. The summed E-state index contributed by atoms with van der Waals surface area (Å²) >= 11 is 0. The Bertz CT molecular complexity index is 689. The molecule has 1 heterocycles. The van der Waals surface area contributed by atoms with E-state index in [0.717, 1.165) is 18.2 Å². The third kappa shape index (κ3) is 2.94. The largest absolute Gasteiger partial charge is 0.366 e. The highest BCUT2D eigenvalue weighted by atomic mass is 19.1. The monoisotopic (exact) mass is 277 g/mol. The molecule has 0 bridgehead atoms. The number of halogens is 2. The van der Waals surface area contributed by atoms with Gasteiger partial charge in [0.25, 0.3) is 11.8 Å². The van der Waals surface area contributed by atoms with Crippen molar-refractivity contribution < 1.29 is 18.4 Å². The third-order valence-corrected chi connectivity index (χ3v) is 2.44. The Morgan fingerprint density at radius 3 is 2.55 bits per heavy atom. The molecular weight excluding hydrogens is 268 g/mol. The number of nitrogens with two attached hydrogens (primary N) is 1. The van der Waals surface area contributed by atoms with Gasteiger partial charge in [-0.25, -0.2) is 9.37 Å². The van der Waals surface area contributed by atoms with E-state index in [1.807, 2.05) is 0 Å². The second-order valence-corrected chi connectivity index (χ2v) is 3.86. The summed E-state index contributed by atoms with van der Waals surface area (Å²) in [6.45, 7) is 0. The zero-order valence-corrected chi connectivity index (χ0v) is 10.1. The highest BCUT2D eigenvalue weighted by Gasteiger charge is 2.12. The maximum atomic E-state index is 13.3. The van der Waals surface area contributed by atoms with Gasteiger partial charge in [0.05, 0.1) is 5.56 Å². The summed E-state index contributed by atoms with van der Waals surface area (Å²) < 4.78 is 26.1. The number of primary amides is 1. The molecule has 0 saturated heterocycles. The summed E-state index contributed by atoms with van der Waals surface area (Å²) in [4.78, 5) is 26.2. The van der Waals surface area contributed by atoms with Gasteiger partial charge in [-0.05, 0) is 30.3 Å². The van der Waals surface area contributed by atoms with Crippen LogP contribution in [-0.4, -0.2) is 16.8 Å². The van der Waals surface area contributed by atoms with Crippen LogP contribution in [0.2, 0.25) is 0 Å². The molecule has 0 atom stereocenters. The lowest BCUT2D eigenvalue weighted by atomic mass is 10.1. The first-order valence-electron chi connectivity index (χ1n) is 5.50. The molecule has 2 aromatic rings. The van der Waals surface area contributed by atoms with Gasteiger partial charge in [0.1, 0.15) is 11.5 Å². The van der Waals surface area contributed by atoms with Gasteiger partial charge in [0.2, 0.25) is 5.95 Å². The quantitative estimate of drug-likeness (QED) is 0.837. The first-order chi connectivity index (χ1) is 9.47. The van der Waals surface area contributed by atoms with E-state index < -0.39 is 23.6 Å². The molecular formula is C13H9F2N3O2. The first-order valence-corrected chi connectivity index (χ1v) is 5.50. The number of hydrogen-bond acceptors (Lipinski definition) is 3. The maximum Gasteiger partial charge on any atom is 0.274 e. The summed E-state index contributed by atoms with van der Waals surface area (Å²) in [5.41, 5.74) is 4.65. The van der Waals surface area contributed by atoms with Crippen molar-refractivity contribution in [2.24, 2.45) is 5.73 Å². The number of rotatable bonds is 3. The molecule has 0 saturated carbocycles. The highest BCUT2D eigenvalue weighted by Crippen LogP contribution is 2.15. The number of nitrogens with zero attached hydrogens (tertiary/aromatic N) is 1. The lowest BCUT2D eigenvalue weighted by molar-refractivity contribution is 0.0992. The number of carbonyl (C=O) groups excluding carboxylic acids is 2. The van der Waals surface area contributed by atoms with Crippen LogP contribution in [0.25, 0.3) is 0 Å². The molecule has 0 spiro atoms. The third-order valence-electron chi connectivity index (χ3n) is 2.44. The number of anilines is 1.